The highest BCUT2D eigenvalue weighted by molar-refractivity contribution is 7.99. The molecule has 7 nitrogen and oxygen atoms in total. The first kappa shape index (κ1) is 13.4. The molecule has 1 aromatic carbocycles. The van der Waals surface area contributed by atoms with Gasteiger partial charge in [0, 0.05) is 17.3 Å². The summed E-state index contributed by atoms with van der Waals surface area (Å²) in [6.07, 6.45) is 0. The molecule has 0 aliphatic carbocycles. The number of rotatable bonds is 3. The zero-order chi connectivity index (χ0) is 15.0. The summed E-state index contributed by atoms with van der Waals surface area (Å²) in [5.74, 6) is -1.10. The molecule has 0 atom stereocenters. The number of carboxylic acids is 1. The van der Waals surface area contributed by atoms with E-state index in [4.69, 9.17) is 5.11 Å². The molecule has 0 fully saturated rings. The molecule has 0 radical (unpaired) electrons. The molecular formula is C13H10N4O3S. The first-order valence-corrected chi connectivity index (χ1v) is 6.80. The number of aromatic carboxylic acids is 1. The lowest BCUT2D eigenvalue weighted by Gasteiger charge is -2.06. The van der Waals surface area contributed by atoms with Crippen LogP contribution in [0.25, 0.3) is 10.9 Å². The Morgan fingerprint density at radius 1 is 1.38 bits per heavy atom. The Kier molecular flexibility index (Phi) is 3.22. The molecule has 2 N–H and O–H groups in total. The predicted octanol–water partition coefficient (Wildman–Crippen LogP) is 1.51. The largest absolute Gasteiger partial charge is 0.477 e. The summed E-state index contributed by atoms with van der Waals surface area (Å²) in [5.41, 5.74) is 0.214. The molecule has 0 spiro atoms. The maximum absolute atomic E-state index is 11.4. The van der Waals surface area contributed by atoms with Crippen molar-refractivity contribution in [1.82, 2.24) is 19.7 Å². The van der Waals surface area contributed by atoms with E-state index >= 15 is 0 Å². The van der Waals surface area contributed by atoms with Gasteiger partial charge in [0.25, 0.3) is 0 Å². The fourth-order valence-corrected chi connectivity index (χ4v) is 2.82. The minimum Gasteiger partial charge on any atom is -0.477 e. The molecule has 0 unspecified atom stereocenters. The van der Waals surface area contributed by atoms with Crippen molar-refractivity contribution in [3.05, 3.63) is 46.5 Å². The fourth-order valence-electron chi connectivity index (χ4n) is 1.86. The van der Waals surface area contributed by atoms with E-state index in [1.807, 2.05) is 12.1 Å². The van der Waals surface area contributed by atoms with Gasteiger partial charge in [-0.2, -0.15) is 0 Å². The van der Waals surface area contributed by atoms with Crippen LogP contribution in [0.2, 0.25) is 0 Å². The van der Waals surface area contributed by atoms with E-state index in [-0.39, 0.29) is 11.4 Å². The number of nitrogens with one attached hydrogen (secondary N) is 1. The lowest BCUT2D eigenvalue weighted by atomic mass is 10.2. The number of hydrogen-bond acceptors (Lipinski definition) is 5. The molecular weight excluding hydrogens is 292 g/mol. The lowest BCUT2D eigenvalue weighted by molar-refractivity contribution is 0.0690. The van der Waals surface area contributed by atoms with Gasteiger partial charge in [0.1, 0.15) is 5.69 Å². The van der Waals surface area contributed by atoms with Gasteiger partial charge < -0.3 is 5.11 Å². The normalized spacial score (nSPS) is 10.9. The minimum absolute atomic E-state index is 0.0447. The SMILES string of the molecule is Cn1c(Sc2cc(C(=O)O)nc3ccccc23)n[nH]c1=O. The van der Waals surface area contributed by atoms with Gasteiger partial charge in [-0.1, -0.05) is 18.2 Å². The van der Waals surface area contributed by atoms with Crippen molar-refractivity contribution in [3.8, 4) is 0 Å². The third-order valence-corrected chi connectivity index (χ3v) is 4.04. The molecule has 0 bridgehead atoms. The van der Waals surface area contributed by atoms with Gasteiger partial charge in [0.2, 0.25) is 0 Å². The van der Waals surface area contributed by atoms with Crippen LogP contribution in [0, 0.1) is 0 Å². The Bertz CT molecular complexity index is 900. The highest BCUT2D eigenvalue weighted by Crippen LogP contribution is 2.31. The average Bonchev–Trinajstić information content (AvgIpc) is 2.79. The number of para-hydroxylation sites is 1. The lowest BCUT2D eigenvalue weighted by Crippen LogP contribution is -2.12. The topological polar surface area (TPSA) is 101 Å². The van der Waals surface area contributed by atoms with Crippen molar-refractivity contribution in [2.24, 2.45) is 7.05 Å². The van der Waals surface area contributed by atoms with Crippen molar-refractivity contribution in [2.75, 3.05) is 0 Å². The van der Waals surface area contributed by atoms with Gasteiger partial charge in [0.05, 0.1) is 5.52 Å². The quantitative estimate of drug-likeness (QED) is 0.760. The van der Waals surface area contributed by atoms with Crippen molar-refractivity contribution < 1.29 is 9.90 Å². The van der Waals surface area contributed by atoms with Gasteiger partial charge in [-0.25, -0.2) is 19.7 Å². The number of H-pyrrole nitrogens is 1. The molecule has 0 amide bonds. The second-order valence-corrected chi connectivity index (χ2v) is 5.31. The molecule has 0 saturated heterocycles. The highest BCUT2D eigenvalue weighted by Gasteiger charge is 2.14. The zero-order valence-electron chi connectivity index (χ0n) is 10.9. The third kappa shape index (κ3) is 2.40. The van der Waals surface area contributed by atoms with Crippen molar-refractivity contribution in [2.45, 2.75) is 10.1 Å². The summed E-state index contributed by atoms with van der Waals surface area (Å²) in [6.45, 7) is 0. The molecule has 0 aliphatic heterocycles. The van der Waals surface area contributed by atoms with Gasteiger partial charge in [-0.3, -0.25) is 4.57 Å². The molecule has 0 saturated carbocycles. The Balaban J connectivity index is 2.18. The monoisotopic (exact) mass is 302 g/mol. The second kappa shape index (κ2) is 5.06. The summed E-state index contributed by atoms with van der Waals surface area (Å²) in [7, 11) is 1.59. The average molecular weight is 302 g/mol. The highest BCUT2D eigenvalue weighted by atomic mass is 32.2. The molecule has 106 valence electrons. The second-order valence-electron chi connectivity index (χ2n) is 4.30. The number of aromatic amines is 1. The van der Waals surface area contributed by atoms with Crippen LogP contribution in [0.3, 0.4) is 0 Å². The van der Waals surface area contributed by atoms with Crippen LogP contribution in [0.5, 0.6) is 0 Å². The van der Waals surface area contributed by atoms with Crippen LogP contribution in [0.4, 0.5) is 0 Å². The molecule has 3 rings (SSSR count). The number of aromatic nitrogens is 4. The van der Waals surface area contributed by atoms with E-state index in [2.05, 4.69) is 15.2 Å². The number of carboxylic acid groups (broad SMARTS) is 1. The summed E-state index contributed by atoms with van der Waals surface area (Å²) in [4.78, 5) is 27.3. The van der Waals surface area contributed by atoms with E-state index in [9.17, 15) is 9.59 Å². The van der Waals surface area contributed by atoms with Gasteiger partial charge >= 0.3 is 11.7 Å². The third-order valence-electron chi connectivity index (χ3n) is 2.94. The van der Waals surface area contributed by atoms with Crippen molar-refractivity contribution in [3.63, 3.8) is 0 Å². The first-order valence-electron chi connectivity index (χ1n) is 5.98. The van der Waals surface area contributed by atoms with Gasteiger partial charge in [-0.15, -0.1) is 5.10 Å². The predicted molar refractivity (Wildman–Crippen MR) is 76.7 cm³/mol. The first-order chi connectivity index (χ1) is 10.1. The molecule has 21 heavy (non-hydrogen) atoms. The van der Waals surface area contributed by atoms with Crippen molar-refractivity contribution >= 4 is 28.6 Å². The van der Waals surface area contributed by atoms with E-state index in [1.165, 1.54) is 22.4 Å². The standard InChI is InChI=1S/C13H10N4O3S/c1-17-12(20)15-16-13(17)21-10-6-9(11(18)19)14-8-5-3-2-4-7(8)10/h2-6H,1H3,(H,15,20)(H,18,19). The Morgan fingerprint density at radius 2 is 2.14 bits per heavy atom. The number of hydrogen-bond donors (Lipinski definition) is 2. The Hall–Kier alpha value is -2.61. The molecule has 3 aromatic rings. The van der Waals surface area contributed by atoms with E-state index in [1.54, 1.807) is 19.2 Å². The van der Waals surface area contributed by atoms with E-state index < -0.39 is 5.97 Å². The van der Waals surface area contributed by atoms with Gasteiger partial charge in [-0.05, 0) is 23.9 Å². The van der Waals surface area contributed by atoms with Crippen LogP contribution in [-0.2, 0) is 7.05 Å². The molecule has 0 aliphatic rings. The number of nitrogens with zero attached hydrogens (tertiary/aromatic N) is 3. The Morgan fingerprint density at radius 3 is 2.81 bits per heavy atom. The number of fused-ring (bicyclic) bond motifs is 1. The fraction of sp³-hybridized carbons (Fsp3) is 0.0769. The summed E-state index contributed by atoms with van der Waals surface area (Å²) in [6, 6.07) is 8.71. The zero-order valence-corrected chi connectivity index (χ0v) is 11.7. The van der Waals surface area contributed by atoms with Crippen LogP contribution in [0.1, 0.15) is 10.5 Å². The minimum atomic E-state index is -1.10. The van der Waals surface area contributed by atoms with Crippen LogP contribution in [0.15, 0.2) is 45.2 Å². The number of benzene rings is 1. The number of carbonyl (C=O) groups is 1. The smallest absolute Gasteiger partial charge is 0.354 e. The maximum atomic E-state index is 11.4. The summed E-state index contributed by atoms with van der Waals surface area (Å²) in [5, 5.41) is 16.7. The van der Waals surface area contributed by atoms with Crippen LogP contribution >= 0.6 is 11.8 Å². The summed E-state index contributed by atoms with van der Waals surface area (Å²) < 4.78 is 1.36. The van der Waals surface area contributed by atoms with Gasteiger partial charge in [0.15, 0.2) is 5.16 Å². The Labute approximate surface area is 122 Å². The van der Waals surface area contributed by atoms with Crippen LogP contribution in [-0.4, -0.2) is 30.8 Å². The van der Waals surface area contributed by atoms with E-state index in [0.717, 1.165) is 5.39 Å². The maximum Gasteiger partial charge on any atom is 0.354 e. The van der Waals surface area contributed by atoms with Crippen molar-refractivity contribution in [1.29, 1.82) is 0 Å². The van der Waals surface area contributed by atoms with E-state index in [0.29, 0.717) is 15.6 Å². The molecule has 8 heteroatoms. The van der Waals surface area contributed by atoms with Crippen LogP contribution < -0.4 is 5.69 Å². The molecule has 2 heterocycles. The molecule has 2 aromatic heterocycles. The summed E-state index contributed by atoms with van der Waals surface area (Å²) >= 11 is 1.21. The number of pyridine rings is 1.